The van der Waals surface area contributed by atoms with Gasteiger partial charge in [0.15, 0.2) is 11.2 Å². The fourth-order valence-electron chi connectivity index (χ4n) is 7.68. The molecule has 6 aromatic rings. The lowest BCUT2D eigenvalue weighted by Crippen LogP contribution is -2.45. The summed E-state index contributed by atoms with van der Waals surface area (Å²) in [5.41, 5.74) is 3.66. The minimum Gasteiger partial charge on any atom is -0.376 e. The molecule has 2 saturated heterocycles. The van der Waals surface area contributed by atoms with E-state index in [1.165, 1.54) is 6.92 Å². The molecule has 4 atom stereocenters. The number of aromatic amines is 2. The number of likely N-dealkylation sites (tertiary alicyclic amines) is 2. The minimum atomic E-state index is -1.69. The lowest BCUT2D eigenvalue weighted by atomic mass is 9.94. The summed E-state index contributed by atoms with van der Waals surface area (Å²) in [5.74, 6) is 7.12. The summed E-state index contributed by atoms with van der Waals surface area (Å²) in [6.45, 7) is 8.13. The number of rotatable bonds is 7. The number of nitrogens with zero attached hydrogens (tertiary/aromatic N) is 4. The maximum absolute atomic E-state index is 13.7. The van der Waals surface area contributed by atoms with Gasteiger partial charge in [0.1, 0.15) is 11.6 Å². The van der Waals surface area contributed by atoms with Gasteiger partial charge >= 0.3 is 0 Å². The van der Waals surface area contributed by atoms with Crippen LogP contribution in [-0.4, -0.2) is 64.9 Å². The van der Waals surface area contributed by atoms with Crippen LogP contribution in [0.3, 0.4) is 0 Å². The third-order valence-electron chi connectivity index (χ3n) is 10.8. The highest BCUT2D eigenvalue weighted by atomic mass is 16.3. The molecule has 2 aliphatic rings. The van der Waals surface area contributed by atoms with E-state index in [1.807, 2.05) is 66.7 Å². The highest BCUT2D eigenvalue weighted by Gasteiger charge is 2.44. The molecule has 276 valence electrons. The Morgan fingerprint density at radius 1 is 0.782 bits per heavy atom. The maximum atomic E-state index is 13.7. The second kappa shape index (κ2) is 14.2. The zero-order valence-electron chi connectivity index (χ0n) is 30.8. The van der Waals surface area contributed by atoms with Gasteiger partial charge in [-0.1, -0.05) is 96.8 Å². The van der Waals surface area contributed by atoms with Crippen LogP contribution in [0.2, 0.25) is 0 Å². The molecule has 10 heteroatoms. The van der Waals surface area contributed by atoms with Gasteiger partial charge < -0.3 is 30.0 Å². The topological polar surface area (TPSA) is 138 Å². The van der Waals surface area contributed by atoms with Gasteiger partial charge in [0.25, 0.3) is 11.8 Å². The van der Waals surface area contributed by atoms with E-state index in [0.29, 0.717) is 42.3 Å². The smallest absolute Gasteiger partial charge is 0.259 e. The molecule has 2 aliphatic heterocycles. The molecule has 0 spiro atoms. The van der Waals surface area contributed by atoms with Gasteiger partial charge in [-0.15, -0.1) is 0 Å². The average Bonchev–Trinajstić information content (AvgIpc) is 4.03. The van der Waals surface area contributed by atoms with Crippen LogP contribution < -0.4 is 0 Å². The molecule has 0 saturated carbocycles. The van der Waals surface area contributed by atoms with E-state index in [-0.39, 0.29) is 18.0 Å². The number of fused-ring (bicyclic) bond motifs is 1. The molecule has 0 unspecified atom stereocenters. The summed E-state index contributed by atoms with van der Waals surface area (Å²) >= 11 is 0. The summed E-state index contributed by atoms with van der Waals surface area (Å²) in [6, 6.07) is 31.1. The van der Waals surface area contributed by atoms with Gasteiger partial charge in [0.2, 0.25) is 0 Å². The standard InChI is InChI=1S/C45H42N6O4/c1-29-25-39(51(28-29)43(53)45(3,55)34-13-8-5-9-14-34)41-47-35-23-20-31(26-36(35)48-41)17-16-30-18-21-32(22-19-30)37-27-46-40(49-37)38-15-10-24-50(38)42(52)44(2,54)33-11-6-4-7-12-33/h4-9,11-14,18-23,26-27,38-39,54-55H,1,10,15,24-25,28H2,2-3H3,(H,46,49)(H,47,48)/t38-,39-,44-,45+/m0/s1. The molecular weight excluding hydrogens is 689 g/mol. The number of imidazole rings is 2. The highest BCUT2D eigenvalue weighted by Crippen LogP contribution is 2.38. The third-order valence-corrected chi connectivity index (χ3v) is 10.8. The molecule has 4 N–H and O–H groups in total. The van der Waals surface area contributed by atoms with Crippen LogP contribution in [0.1, 0.15) is 79.1 Å². The predicted molar refractivity (Wildman–Crippen MR) is 210 cm³/mol. The summed E-state index contributed by atoms with van der Waals surface area (Å²) in [7, 11) is 0. The quantitative estimate of drug-likeness (QED) is 0.107. The average molecular weight is 731 g/mol. The van der Waals surface area contributed by atoms with Crippen molar-refractivity contribution in [2.24, 2.45) is 0 Å². The van der Waals surface area contributed by atoms with E-state index in [1.54, 1.807) is 59.3 Å². The third kappa shape index (κ3) is 6.84. The molecule has 2 amide bonds. The number of carbonyl (C=O) groups is 2. The second-order valence-electron chi connectivity index (χ2n) is 14.8. The van der Waals surface area contributed by atoms with E-state index in [4.69, 9.17) is 4.98 Å². The highest BCUT2D eigenvalue weighted by molar-refractivity contribution is 5.87. The normalized spacial score (nSPS) is 19.2. The van der Waals surface area contributed by atoms with E-state index in [0.717, 1.165) is 51.8 Å². The molecule has 0 radical (unpaired) electrons. The molecule has 10 nitrogen and oxygen atoms in total. The van der Waals surface area contributed by atoms with Gasteiger partial charge in [-0.3, -0.25) is 9.59 Å². The monoisotopic (exact) mass is 730 g/mol. The largest absolute Gasteiger partial charge is 0.376 e. The molecule has 0 aliphatic carbocycles. The first-order valence-electron chi connectivity index (χ1n) is 18.5. The molecular formula is C45H42N6O4. The summed E-state index contributed by atoms with van der Waals surface area (Å²) < 4.78 is 0. The Balaban J connectivity index is 0.953. The number of aromatic nitrogens is 4. The molecule has 55 heavy (non-hydrogen) atoms. The number of aliphatic hydroxyl groups is 2. The second-order valence-corrected chi connectivity index (χ2v) is 14.8. The SMILES string of the molecule is C=C1C[C@@H](c2nc3ccc(C#Cc4ccc(-c5cnc([C@@H]6CCCN6C(=O)[C@@](C)(O)c6ccccc6)[nH]5)cc4)cc3[nH]2)N(C(=O)[C@](C)(O)c2ccccc2)C1. The minimum absolute atomic E-state index is 0.250. The van der Waals surface area contributed by atoms with Crippen LogP contribution in [0.25, 0.3) is 22.3 Å². The van der Waals surface area contributed by atoms with Crippen molar-refractivity contribution < 1.29 is 19.8 Å². The summed E-state index contributed by atoms with van der Waals surface area (Å²) in [4.78, 5) is 46.9. The van der Waals surface area contributed by atoms with Crippen LogP contribution in [-0.2, 0) is 20.8 Å². The first-order chi connectivity index (χ1) is 26.5. The number of carbonyl (C=O) groups excluding carboxylic acids is 2. The van der Waals surface area contributed by atoms with Crippen molar-refractivity contribution >= 4 is 22.8 Å². The van der Waals surface area contributed by atoms with Crippen molar-refractivity contribution in [3.8, 4) is 23.1 Å². The molecule has 0 bridgehead atoms. The molecule has 4 heterocycles. The van der Waals surface area contributed by atoms with Crippen molar-refractivity contribution in [3.63, 3.8) is 0 Å². The molecule has 2 aromatic heterocycles. The van der Waals surface area contributed by atoms with Gasteiger partial charge in [0.05, 0.1) is 35.0 Å². The Labute approximate surface area is 319 Å². The van der Waals surface area contributed by atoms with Gasteiger partial charge in [0, 0.05) is 24.2 Å². The van der Waals surface area contributed by atoms with Gasteiger partial charge in [-0.05, 0) is 80.1 Å². The van der Waals surface area contributed by atoms with Crippen LogP contribution in [0.15, 0.2) is 121 Å². The fourth-order valence-corrected chi connectivity index (χ4v) is 7.68. The van der Waals surface area contributed by atoms with Crippen LogP contribution in [0.5, 0.6) is 0 Å². The first-order valence-corrected chi connectivity index (χ1v) is 18.5. The van der Waals surface area contributed by atoms with Crippen molar-refractivity contribution in [3.05, 3.63) is 155 Å². The van der Waals surface area contributed by atoms with Crippen molar-refractivity contribution in [1.82, 2.24) is 29.7 Å². The number of H-pyrrole nitrogens is 2. The number of hydrogen-bond acceptors (Lipinski definition) is 6. The van der Waals surface area contributed by atoms with Crippen LogP contribution in [0.4, 0.5) is 0 Å². The zero-order valence-corrected chi connectivity index (χ0v) is 30.8. The Bertz CT molecular complexity index is 2460. The van der Waals surface area contributed by atoms with Crippen LogP contribution >= 0.6 is 0 Å². The Morgan fingerprint density at radius 2 is 1.40 bits per heavy atom. The van der Waals surface area contributed by atoms with E-state index >= 15 is 0 Å². The molecule has 2 fully saturated rings. The first kappa shape index (κ1) is 35.7. The van der Waals surface area contributed by atoms with E-state index in [9.17, 15) is 19.8 Å². The summed E-state index contributed by atoms with van der Waals surface area (Å²) in [5, 5.41) is 22.5. The number of nitrogens with one attached hydrogen (secondary N) is 2. The van der Waals surface area contributed by atoms with Crippen molar-refractivity contribution in [1.29, 1.82) is 0 Å². The Hall–Kier alpha value is -6.28. The van der Waals surface area contributed by atoms with E-state index < -0.39 is 17.1 Å². The van der Waals surface area contributed by atoms with Crippen LogP contribution in [0, 0.1) is 11.8 Å². The predicted octanol–water partition coefficient (Wildman–Crippen LogP) is 6.66. The Morgan fingerprint density at radius 3 is 2.07 bits per heavy atom. The zero-order chi connectivity index (χ0) is 38.3. The van der Waals surface area contributed by atoms with E-state index in [2.05, 4.69) is 33.4 Å². The van der Waals surface area contributed by atoms with Gasteiger partial charge in [-0.2, -0.15) is 0 Å². The van der Waals surface area contributed by atoms with Crippen molar-refractivity contribution in [2.75, 3.05) is 13.1 Å². The lowest BCUT2D eigenvalue weighted by molar-refractivity contribution is -0.152. The fraction of sp³-hybridized carbons (Fsp3) is 0.244. The Kier molecular flexibility index (Phi) is 9.21. The lowest BCUT2D eigenvalue weighted by Gasteiger charge is -2.31. The summed E-state index contributed by atoms with van der Waals surface area (Å²) in [6.07, 6.45) is 3.92. The number of amides is 2. The van der Waals surface area contributed by atoms with Crippen molar-refractivity contribution in [2.45, 2.75) is 56.4 Å². The maximum Gasteiger partial charge on any atom is 0.259 e. The molecule has 8 rings (SSSR count). The van der Waals surface area contributed by atoms with Gasteiger partial charge in [-0.25, -0.2) is 9.97 Å². The number of hydrogen-bond donors (Lipinski definition) is 4. The molecule has 4 aromatic carbocycles. The number of benzene rings is 4.